The molecule has 3 aromatic rings. The molecule has 2 aromatic heterocycles. The Morgan fingerprint density at radius 1 is 1.08 bits per heavy atom. The Morgan fingerprint density at radius 2 is 1.83 bits per heavy atom. The van der Waals surface area contributed by atoms with E-state index in [4.69, 9.17) is 5.73 Å². The third-order valence-electron chi connectivity index (χ3n) is 3.20. The molecule has 122 valence electrons. The van der Waals surface area contributed by atoms with Crippen LogP contribution >= 0.6 is 0 Å². The number of aromatic nitrogens is 3. The van der Waals surface area contributed by atoms with Crippen molar-refractivity contribution in [2.45, 2.75) is 4.90 Å². The Labute approximate surface area is 138 Å². The molecule has 1 amide bonds. The Hall–Kier alpha value is -3.20. The number of hydrogen-bond acceptors (Lipinski definition) is 5. The first kappa shape index (κ1) is 15.7. The SMILES string of the molecule is NC(=O)c1ccc(S(=O)(=O)Nc2cccnc2-n2cccn2)cc1. The zero-order valence-corrected chi connectivity index (χ0v) is 13.1. The van der Waals surface area contributed by atoms with Crippen molar-refractivity contribution in [1.29, 1.82) is 0 Å². The van der Waals surface area contributed by atoms with Crippen LogP contribution in [0.1, 0.15) is 10.4 Å². The number of anilines is 1. The van der Waals surface area contributed by atoms with Crippen LogP contribution in [0.15, 0.2) is 66.0 Å². The lowest BCUT2D eigenvalue weighted by Gasteiger charge is -2.11. The molecular weight excluding hydrogens is 330 g/mol. The minimum Gasteiger partial charge on any atom is -0.366 e. The standard InChI is InChI=1S/C15H13N5O3S/c16-14(21)11-4-6-12(7-5-11)24(22,23)19-13-3-1-8-17-15(13)20-10-2-9-18-20/h1-10,19H,(H2,16,21). The Kier molecular flexibility index (Phi) is 4.00. The van der Waals surface area contributed by atoms with Crippen LogP contribution in [-0.2, 0) is 10.0 Å². The van der Waals surface area contributed by atoms with E-state index in [-0.39, 0.29) is 16.1 Å². The number of pyridine rings is 1. The number of benzene rings is 1. The van der Waals surface area contributed by atoms with Crippen LogP contribution in [0.4, 0.5) is 5.69 Å². The zero-order chi connectivity index (χ0) is 17.2. The third-order valence-corrected chi connectivity index (χ3v) is 4.58. The smallest absolute Gasteiger partial charge is 0.262 e. The molecule has 0 aliphatic carbocycles. The number of primary amides is 1. The van der Waals surface area contributed by atoms with Crippen LogP contribution in [0.3, 0.4) is 0 Å². The van der Waals surface area contributed by atoms with Crippen LogP contribution < -0.4 is 10.5 Å². The van der Waals surface area contributed by atoms with Crippen LogP contribution in [0.25, 0.3) is 5.82 Å². The average Bonchev–Trinajstić information content (AvgIpc) is 3.09. The summed E-state index contributed by atoms with van der Waals surface area (Å²) in [5.74, 6) is -0.278. The maximum atomic E-state index is 12.5. The van der Waals surface area contributed by atoms with Gasteiger partial charge in [-0.15, -0.1) is 0 Å². The second-order valence-electron chi connectivity index (χ2n) is 4.82. The van der Waals surface area contributed by atoms with Crippen molar-refractivity contribution in [2.24, 2.45) is 5.73 Å². The van der Waals surface area contributed by atoms with Crippen molar-refractivity contribution < 1.29 is 13.2 Å². The van der Waals surface area contributed by atoms with Crippen molar-refractivity contribution in [2.75, 3.05) is 4.72 Å². The molecule has 0 radical (unpaired) electrons. The van der Waals surface area contributed by atoms with E-state index in [9.17, 15) is 13.2 Å². The predicted octanol–water partition coefficient (Wildman–Crippen LogP) is 1.17. The maximum absolute atomic E-state index is 12.5. The highest BCUT2D eigenvalue weighted by molar-refractivity contribution is 7.92. The quantitative estimate of drug-likeness (QED) is 0.720. The van der Waals surface area contributed by atoms with Crippen molar-refractivity contribution in [3.63, 3.8) is 0 Å². The Morgan fingerprint density at radius 3 is 2.46 bits per heavy atom. The first-order chi connectivity index (χ1) is 11.5. The van der Waals surface area contributed by atoms with E-state index in [1.807, 2.05) is 0 Å². The summed E-state index contributed by atoms with van der Waals surface area (Å²) in [6.45, 7) is 0. The van der Waals surface area contributed by atoms with E-state index >= 15 is 0 Å². The second kappa shape index (κ2) is 6.13. The molecule has 0 fully saturated rings. The van der Waals surface area contributed by atoms with Crippen LogP contribution in [0.5, 0.6) is 0 Å². The number of hydrogen-bond donors (Lipinski definition) is 2. The largest absolute Gasteiger partial charge is 0.366 e. The summed E-state index contributed by atoms with van der Waals surface area (Å²) in [4.78, 5) is 15.2. The monoisotopic (exact) mass is 343 g/mol. The topological polar surface area (TPSA) is 120 Å². The number of amides is 1. The first-order valence-electron chi connectivity index (χ1n) is 6.85. The van der Waals surface area contributed by atoms with Gasteiger partial charge in [0.2, 0.25) is 5.91 Å². The highest BCUT2D eigenvalue weighted by atomic mass is 32.2. The van der Waals surface area contributed by atoms with Gasteiger partial charge in [0.1, 0.15) is 0 Å². The maximum Gasteiger partial charge on any atom is 0.262 e. The van der Waals surface area contributed by atoms with Gasteiger partial charge < -0.3 is 5.73 Å². The molecule has 0 saturated carbocycles. The molecular formula is C15H13N5O3S. The molecule has 8 nitrogen and oxygen atoms in total. The van der Waals surface area contributed by atoms with Crippen LogP contribution in [0, 0.1) is 0 Å². The number of carbonyl (C=O) groups is 1. The highest BCUT2D eigenvalue weighted by Gasteiger charge is 2.17. The van der Waals surface area contributed by atoms with E-state index in [2.05, 4.69) is 14.8 Å². The highest BCUT2D eigenvalue weighted by Crippen LogP contribution is 2.21. The fraction of sp³-hybridized carbons (Fsp3) is 0. The van der Waals surface area contributed by atoms with E-state index < -0.39 is 15.9 Å². The number of nitrogens with one attached hydrogen (secondary N) is 1. The fourth-order valence-corrected chi connectivity index (χ4v) is 3.12. The van der Waals surface area contributed by atoms with E-state index in [0.29, 0.717) is 5.82 Å². The van der Waals surface area contributed by atoms with Gasteiger partial charge in [-0.05, 0) is 42.5 Å². The molecule has 2 heterocycles. The van der Waals surface area contributed by atoms with Gasteiger partial charge in [-0.2, -0.15) is 5.10 Å². The molecule has 3 N–H and O–H groups in total. The van der Waals surface area contributed by atoms with Crippen molar-refractivity contribution in [3.8, 4) is 5.82 Å². The first-order valence-corrected chi connectivity index (χ1v) is 8.33. The van der Waals surface area contributed by atoms with Crippen molar-refractivity contribution in [3.05, 3.63) is 66.6 Å². The van der Waals surface area contributed by atoms with E-state index in [1.165, 1.54) is 35.1 Å². The summed E-state index contributed by atoms with van der Waals surface area (Å²) in [6, 6.07) is 10.2. The number of carbonyl (C=O) groups excluding carboxylic acids is 1. The van der Waals surface area contributed by atoms with Gasteiger partial charge in [-0.25, -0.2) is 18.1 Å². The molecule has 0 saturated heterocycles. The van der Waals surface area contributed by atoms with Gasteiger partial charge in [-0.1, -0.05) is 0 Å². The minimum absolute atomic E-state index is 0.00256. The number of rotatable bonds is 5. The molecule has 24 heavy (non-hydrogen) atoms. The van der Waals surface area contributed by atoms with E-state index in [1.54, 1.807) is 30.6 Å². The average molecular weight is 343 g/mol. The normalized spacial score (nSPS) is 11.2. The molecule has 0 bridgehead atoms. The van der Waals surface area contributed by atoms with Gasteiger partial charge in [0.15, 0.2) is 5.82 Å². The van der Waals surface area contributed by atoms with Crippen LogP contribution in [0.2, 0.25) is 0 Å². The van der Waals surface area contributed by atoms with Gasteiger partial charge in [0.05, 0.1) is 10.6 Å². The third kappa shape index (κ3) is 3.10. The Bertz CT molecular complexity index is 967. The molecule has 3 rings (SSSR count). The lowest BCUT2D eigenvalue weighted by atomic mass is 10.2. The summed E-state index contributed by atoms with van der Waals surface area (Å²) >= 11 is 0. The lowest BCUT2D eigenvalue weighted by Crippen LogP contribution is -2.16. The zero-order valence-electron chi connectivity index (χ0n) is 12.3. The molecule has 0 spiro atoms. The summed E-state index contributed by atoms with van der Waals surface area (Å²) in [5, 5.41) is 4.05. The minimum atomic E-state index is -3.85. The molecule has 0 aliphatic rings. The summed E-state index contributed by atoms with van der Waals surface area (Å²) < 4.78 is 29.0. The predicted molar refractivity (Wildman–Crippen MR) is 87.1 cm³/mol. The molecule has 0 atom stereocenters. The van der Waals surface area contributed by atoms with Gasteiger partial charge in [0, 0.05) is 24.2 Å². The van der Waals surface area contributed by atoms with Crippen molar-refractivity contribution in [1.82, 2.24) is 14.8 Å². The number of nitrogens with zero attached hydrogens (tertiary/aromatic N) is 3. The van der Waals surface area contributed by atoms with Gasteiger partial charge in [-0.3, -0.25) is 9.52 Å². The van der Waals surface area contributed by atoms with Crippen LogP contribution in [-0.4, -0.2) is 29.1 Å². The second-order valence-corrected chi connectivity index (χ2v) is 6.50. The Balaban J connectivity index is 1.94. The fourth-order valence-electron chi connectivity index (χ4n) is 2.06. The molecule has 9 heteroatoms. The lowest BCUT2D eigenvalue weighted by molar-refractivity contribution is 0.1000. The molecule has 0 aliphatic heterocycles. The van der Waals surface area contributed by atoms with Crippen molar-refractivity contribution >= 4 is 21.6 Å². The number of sulfonamides is 1. The molecule has 1 aromatic carbocycles. The summed E-state index contributed by atoms with van der Waals surface area (Å²) in [5.41, 5.74) is 5.66. The molecule has 0 unspecified atom stereocenters. The van der Waals surface area contributed by atoms with E-state index in [0.717, 1.165) is 0 Å². The summed E-state index contributed by atoms with van der Waals surface area (Å²) in [6.07, 6.45) is 4.76. The number of nitrogens with two attached hydrogens (primary N) is 1. The van der Waals surface area contributed by atoms with Gasteiger partial charge >= 0.3 is 0 Å². The van der Waals surface area contributed by atoms with Gasteiger partial charge in [0.25, 0.3) is 10.0 Å². The summed E-state index contributed by atoms with van der Waals surface area (Å²) in [7, 11) is -3.85.